The van der Waals surface area contributed by atoms with E-state index in [1.54, 1.807) is 43.8 Å². The van der Waals surface area contributed by atoms with Gasteiger partial charge in [0.2, 0.25) is 0 Å². The molecule has 3 aromatic rings. The lowest BCUT2D eigenvalue weighted by Gasteiger charge is -2.25. The fourth-order valence-electron chi connectivity index (χ4n) is 4.63. The highest BCUT2D eigenvalue weighted by atomic mass is 16.5. The second-order valence-corrected chi connectivity index (χ2v) is 8.51. The van der Waals surface area contributed by atoms with Crippen molar-refractivity contribution in [2.45, 2.75) is 32.0 Å². The number of methoxy groups -OCH3 is 1. The third-order valence-corrected chi connectivity index (χ3v) is 6.22. The van der Waals surface area contributed by atoms with Crippen molar-refractivity contribution in [2.75, 3.05) is 7.11 Å². The number of ether oxygens (including phenoxy) is 2. The van der Waals surface area contributed by atoms with Crippen LogP contribution in [0.5, 0.6) is 11.5 Å². The fraction of sp³-hybridized carbons (Fsp3) is 0.222. The highest BCUT2D eigenvalue weighted by Gasteiger charge is 2.46. The Balaban J connectivity index is 1.60. The van der Waals surface area contributed by atoms with Crippen molar-refractivity contribution >= 4 is 17.4 Å². The number of aliphatic hydroxyl groups is 1. The average Bonchev–Trinajstić information content (AvgIpc) is 3.35. The van der Waals surface area contributed by atoms with Gasteiger partial charge in [0.25, 0.3) is 11.7 Å². The maximum atomic E-state index is 13.2. The number of amides is 1. The molecule has 172 valence electrons. The van der Waals surface area contributed by atoms with Crippen LogP contribution in [0.4, 0.5) is 0 Å². The zero-order valence-corrected chi connectivity index (χ0v) is 18.9. The molecule has 0 radical (unpaired) electrons. The number of Topliss-reactive ketones (excluding diaryl/α,β-unsaturated/α-hetero) is 1. The highest BCUT2D eigenvalue weighted by Crippen LogP contribution is 2.41. The predicted molar refractivity (Wildman–Crippen MR) is 125 cm³/mol. The number of hydrogen-bond acceptors (Lipinski definition) is 6. The Hall–Kier alpha value is -4.13. The van der Waals surface area contributed by atoms with Crippen molar-refractivity contribution in [3.63, 3.8) is 0 Å². The summed E-state index contributed by atoms with van der Waals surface area (Å²) in [7, 11) is 1.57. The van der Waals surface area contributed by atoms with Crippen LogP contribution in [0.2, 0.25) is 0 Å². The van der Waals surface area contributed by atoms with Gasteiger partial charge in [-0.25, -0.2) is 0 Å². The lowest BCUT2D eigenvalue weighted by atomic mass is 9.95. The quantitative estimate of drug-likeness (QED) is 0.354. The Morgan fingerprint density at radius 2 is 1.94 bits per heavy atom. The van der Waals surface area contributed by atoms with Crippen molar-refractivity contribution in [2.24, 2.45) is 0 Å². The molecule has 0 saturated carbocycles. The van der Waals surface area contributed by atoms with Crippen LogP contribution in [0.1, 0.15) is 35.2 Å². The first-order valence-corrected chi connectivity index (χ1v) is 11.1. The first kappa shape index (κ1) is 21.7. The Morgan fingerprint density at radius 1 is 1.15 bits per heavy atom. The number of hydrogen-bond donors (Lipinski definition) is 1. The lowest BCUT2D eigenvalue weighted by molar-refractivity contribution is -0.140. The van der Waals surface area contributed by atoms with Crippen LogP contribution in [-0.4, -0.2) is 39.9 Å². The first-order chi connectivity index (χ1) is 16.5. The number of carbonyl (C=O) groups excluding carboxylic acids is 2. The molecule has 0 bridgehead atoms. The molecule has 0 spiro atoms. The number of benzene rings is 2. The van der Waals surface area contributed by atoms with Crippen LogP contribution in [0.25, 0.3) is 5.76 Å². The number of nitrogens with zero attached hydrogens (tertiary/aromatic N) is 2. The summed E-state index contributed by atoms with van der Waals surface area (Å²) >= 11 is 0. The summed E-state index contributed by atoms with van der Waals surface area (Å²) < 4.78 is 11.1. The summed E-state index contributed by atoms with van der Waals surface area (Å²) in [5.41, 5.74) is 3.00. The number of aromatic nitrogens is 1. The molecule has 2 aromatic carbocycles. The minimum atomic E-state index is -0.752. The van der Waals surface area contributed by atoms with Crippen molar-refractivity contribution in [1.29, 1.82) is 0 Å². The van der Waals surface area contributed by atoms with Gasteiger partial charge in [0.15, 0.2) is 0 Å². The maximum absolute atomic E-state index is 13.2. The zero-order chi connectivity index (χ0) is 23.8. The molecule has 1 amide bonds. The standard InChI is InChI=1S/C27H24N2O5/c1-16-12-20-14-19(6-7-22(20)34-16)25(30)23-24(18-8-10-28-11-9-18)29(27(32)26(23)31)15-17-4-3-5-21(13-17)33-2/h3-11,13-14,16,24,30H,12,15H2,1-2H3/b25-23-. The van der Waals surface area contributed by atoms with Crippen LogP contribution in [-0.2, 0) is 22.6 Å². The average molecular weight is 456 g/mol. The third-order valence-electron chi connectivity index (χ3n) is 6.22. The zero-order valence-electron chi connectivity index (χ0n) is 18.9. The van der Waals surface area contributed by atoms with Gasteiger partial charge >= 0.3 is 0 Å². The van der Waals surface area contributed by atoms with Gasteiger partial charge in [0.05, 0.1) is 18.7 Å². The second kappa shape index (κ2) is 8.67. The molecule has 7 nitrogen and oxygen atoms in total. The molecule has 1 saturated heterocycles. The lowest BCUT2D eigenvalue weighted by Crippen LogP contribution is -2.29. The van der Waals surface area contributed by atoms with E-state index in [-0.39, 0.29) is 24.0 Å². The topological polar surface area (TPSA) is 89.0 Å². The molecule has 2 atom stereocenters. The Labute approximate surface area is 197 Å². The third kappa shape index (κ3) is 3.79. The molecule has 34 heavy (non-hydrogen) atoms. The summed E-state index contributed by atoms with van der Waals surface area (Å²) in [5, 5.41) is 11.3. The van der Waals surface area contributed by atoms with E-state index >= 15 is 0 Å². The summed E-state index contributed by atoms with van der Waals surface area (Å²) in [6.07, 6.45) is 3.98. The molecule has 2 aliphatic heterocycles. The van der Waals surface area contributed by atoms with Crippen LogP contribution in [0, 0.1) is 0 Å². The largest absolute Gasteiger partial charge is 0.507 e. The van der Waals surface area contributed by atoms with E-state index in [4.69, 9.17) is 9.47 Å². The Morgan fingerprint density at radius 3 is 2.71 bits per heavy atom. The predicted octanol–water partition coefficient (Wildman–Crippen LogP) is 4.04. The molecule has 5 rings (SSSR count). The van der Waals surface area contributed by atoms with Gasteiger partial charge < -0.3 is 19.5 Å². The molecule has 2 unspecified atom stereocenters. The van der Waals surface area contributed by atoms with Gasteiger partial charge in [0, 0.05) is 30.9 Å². The van der Waals surface area contributed by atoms with E-state index in [1.165, 1.54) is 4.90 Å². The summed E-state index contributed by atoms with van der Waals surface area (Å²) in [5.74, 6) is -0.148. The number of pyridine rings is 1. The SMILES string of the molecule is COc1cccc(CN2C(=O)C(=O)/C(=C(\O)c3ccc4c(c3)CC(C)O4)C2c2ccncc2)c1. The van der Waals surface area contributed by atoms with Crippen LogP contribution < -0.4 is 9.47 Å². The number of aliphatic hydroxyl groups excluding tert-OH is 1. The molecular formula is C27H24N2O5. The molecule has 7 heteroatoms. The van der Waals surface area contributed by atoms with Gasteiger partial charge in [-0.05, 0) is 66.1 Å². The van der Waals surface area contributed by atoms with Crippen molar-refractivity contribution < 1.29 is 24.2 Å². The number of carbonyl (C=O) groups is 2. The van der Waals surface area contributed by atoms with Crippen LogP contribution in [0.15, 0.2) is 72.6 Å². The Kier molecular flexibility index (Phi) is 5.53. The van der Waals surface area contributed by atoms with E-state index < -0.39 is 17.7 Å². The van der Waals surface area contributed by atoms with E-state index in [2.05, 4.69) is 4.98 Å². The summed E-state index contributed by atoms with van der Waals surface area (Å²) in [4.78, 5) is 32.0. The molecular weight excluding hydrogens is 432 g/mol. The van der Waals surface area contributed by atoms with Crippen molar-refractivity contribution in [3.05, 3.63) is 94.8 Å². The monoisotopic (exact) mass is 456 g/mol. The van der Waals surface area contributed by atoms with Gasteiger partial charge in [0.1, 0.15) is 23.4 Å². The normalized spacial score (nSPS) is 20.8. The molecule has 0 aliphatic carbocycles. The van der Waals surface area contributed by atoms with E-state index in [0.29, 0.717) is 23.3 Å². The first-order valence-electron chi connectivity index (χ1n) is 11.1. The number of ketones is 1. The smallest absolute Gasteiger partial charge is 0.295 e. The van der Waals surface area contributed by atoms with Crippen LogP contribution in [0.3, 0.4) is 0 Å². The van der Waals surface area contributed by atoms with Crippen LogP contribution >= 0.6 is 0 Å². The molecule has 1 N–H and O–H groups in total. The maximum Gasteiger partial charge on any atom is 0.295 e. The molecule has 1 aromatic heterocycles. The molecule has 3 heterocycles. The van der Waals surface area contributed by atoms with E-state index in [9.17, 15) is 14.7 Å². The van der Waals surface area contributed by atoms with E-state index in [0.717, 1.165) is 16.9 Å². The minimum absolute atomic E-state index is 0.0534. The molecule has 1 fully saturated rings. The number of rotatable bonds is 5. The van der Waals surface area contributed by atoms with Gasteiger partial charge in [-0.3, -0.25) is 14.6 Å². The Bertz CT molecular complexity index is 1300. The van der Waals surface area contributed by atoms with E-state index in [1.807, 2.05) is 37.3 Å². The number of fused-ring (bicyclic) bond motifs is 1. The number of likely N-dealkylation sites (tertiary alicyclic amines) is 1. The van der Waals surface area contributed by atoms with Crippen molar-refractivity contribution in [3.8, 4) is 11.5 Å². The summed E-state index contributed by atoms with van der Waals surface area (Å²) in [6.45, 7) is 2.16. The highest BCUT2D eigenvalue weighted by molar-refractivity contribution is 6.46. The second-order valence-electron chi connectivity index (χ2n) is 8.51. The van der Waals surface area contributed by atoms with Gasteiger partial charge in [-0.2, -0.15) is 0 Å². The van der Waals surface area contributed by atoms with Gasteiger partial charge in [-0.1, -0.05) is 12.1 Å². The van der Waals surface area contributed by atoms with Gasteiger partial charge in [-0.15, -0.1) is 0 Å². The molecule has 2 aliphatic rings. The van der Waals surface area contributed by atoms with Crippen molar-refractivity contribution in [1.82, 2.24) is 9.88 Å². The minimum Gasteiger partial charge on any atom is -0.507 e. The fourth-order valence-corrected chi connectivity index (χ4v) is 4.63. The summed E-state index contributed by atoms with van der Waals surface area (Å²) in [6, 6.07) is 15.4.